The Morgan fingerprint density at radius 1 is 1.00 bits per heavy atom. The predicted octanol–water partition coefficient (Wildman–Crippen LogP) is 3.60. The molecule has 2 aromatic carbocycles. The van der Waals surface area contributed by atoms with Crippen LogP contribution >= 0.6 is 0 Å². The van der Waals surface area contributed by atoms with Crippen molar-refractivity contribution in [3.05, 3.63) is 90.1 Å². The van der Waals surface area contributed by atoms with Crippen LogP contribution in [-0.2, 0) is 0 Å². The molecular weight excluding hydrogens is 337 g/mol. The van der Waals surface area contributed by atoms with Crippen molar-refractivity contribution in [2.45, 2.75) is 17.8 Å². The molecule has 1 aliphatic carbocycles. The summed E-state index contributed by atoms with van der Waals surface area (Å²) in [5, 5.41) is 20.2. The van der Waals surface area contributed by atoms with Gasteiger partial charge in [0.1, 0.15) is 11.3 Å². The maximum atomic E-state index is 9.77. The maximum absolute atomic E-state index is 9.77. The van der Waals surface area contributed by atoms with E-state index in [1.54, 1.807) is 6.07 Å². The minimum Gasteiger partial charge on any atom is -0.506 e. The standard InChI is InChI=1S/C12H11O.C10H9NO.Al.2H/c13-12-8-6-11(7-9-12)10-4-2-1-3-5-10;1-7-5-6-8-3-2-4-9(12)10(8)11-7;;;/h1-8,13H,9H2;2-6,12H,1H3;;;. The number of aliphatic hydroxyl groups is 1. The first kappa shape index (κ1) is 18.4. The Kier molecular flexibility index (Phi) is 5.59. The van der Waals surface area contributed by atoms with E-state index in [2.05, 4.69) is 23.2 Å². The van der Waals surface area contributed by atoms with Gasteiger partial charge in [-0.15, -0.1) is 0 Å². The second-order valence-electron chi connectivity index (χ2n) is 6.72. The van der Waals surface area contributed by atoms with E-state index < -0.39 is 4.46 Å². The molecule has 3 aromatic rings. The Labute approximate surface area is 161 Å². The Hall–Kier alpha value is -2.38. The van der Waals surface area contributed by atoms with E-state index in [1.165, 1.54) is 11.1 Å². The smallest absolute Gasteiger partial charge is 0.270 e. The Morgan fingerprint density at radius 3 is 2.46 bits per heavy atom. The molecule has 0 saturated carbocycles. The molecule has 1 aliphatic rings. The lowest BCUT2D eigenvalue weighted by Gasteiger charge is -2.22. The van der Waals surface area contributed by atoms with E-state index in [9.17, 15) is 10.2 Å². The third-order valence-corrected chi connectivity index (χ3v) is 5.04. The second-order valence-corrected chi connectivity index (χ2v) is 8.45. The van der Waals surface area contributed by atoms with Crippen molar-refractivity contribution in [3.63, 3.8) is 0 Å². The third-order valence-electron chi connectivity index (χ3n) is 4.30. The van der Waals surface area contributed by atoms with Crippen molar-refractivity contribution < 1.29 is 10.2 Å². The van der Waals surface area contributed by atoms with Crippen LogP contribution in [0.2, 0.25) is 0 Å². The molecule has 3 nitrogen and oxygen atoms in total. The van der Waals surface area contributed by atoms with Crippen LogP contribution in [0.5, 0.6) is 5.75 Å². The van der Waals surface area contributed by atoms with Gasteiger partial charge in [-0.1, -0.05) is 66.8 Å². The van der Waals surface area contributed by atoms with Crippen LogP contribution in [0.4, 0.5) is 0 Å². The quantitative estimate of drug-likeness (QED) is 0.653. The van der Waals surface area contributed by atoms with Crippen molar-refractivity contribution in [3.8, 4) is 5.75 Å². The first-order valence-corrected chi connectivity index (χ1v) is 9.67. The Morgan fingerprint density at radius 2 is 1.77 bits per heavy atom. The Bertz CT molecular complexity index is 962. The molecule has 2 N–H and O–H groups in total. The SMILES string of the molecule is Cc1ccc2cccc(O)c2n1.O[C]1([AlH2])C=CC(c2ccccc2)=CC1. The van der Waals surface area contributed by atoms with Gasteiger partial charge in [0.05, 0.1) is 0 Å². The van der Waals surface area contributed by atoms with E-state index in [0.717, 1.165) is 33.8 Å². The summed E-state index contributed by atoms with van der Waals surface area (Å²) in [5.74, 6) is 0.246. The number of aryl methyl sites for hydroxylation is 1. The van der Waals surface area contributed by atoms with Gasteiger partial charge in [-0.05, 0) is 36.6 Å². The van der Waals surface area contributed by atoms with Crippen LogP contribution in [0, 0.1) is 6.92 Å². The second kappa shape index (κ2) is 7.89. The molecule has 0 radical (unpaired) electrons. The van der Waals surface area contributed by atoms with Crippen molar-refractivity contribution in [2.75, 3.05) is 0 Å². The number of phenols is 1. The number of para-hydroxylation sites is 1. The molecule has 0 bridgehead atoms. The van der Waals surface area contributed by atoms with Crippen LogP contribution in [0.25, 0.3) is 16.5 Å². The number of pyridine rings is 1. The highest BCUT2D eigenvalue weighted by molar-refractivity contribution is 6.16. The van der Waals surface area contributed by atoms with E-state index in [-0.39, 0.29) is 5.75 Å². The van der Waals surface area contributed by atoms with Crippen molar-refractivity contribution in [1.82, 2.24) is 4.98 Å². The first-order valence-electron chi connectivity index (χ1n) is 8.67. The predicted molar refractivity (Wildman–Crippen MR) is 110 cm³/mol. The molecule has 1 unspecified atom stereocenters. The number of fused-ring (bicyclic) bond motifs is 1. The van der Waals surface area contributed by atoms with E-state index in [1.807, 2.05) is 61.5 Å². The minimum atomic E-state index is -0.529. The number of rotatable bonds is 1. The maximum Gasteiger partial charge on any atom is 0.270 e. The van der Waals surface area contributed by atoms with Gasteiger partial charge in [0, 0.05) is 15.5 Å². The highest BCUT2D eigenvalue weighted by atomic mass is 27.0. The molecule has 26 heavy (non-hydrogen) atoms. The summed E-state index contributed by atoms with van der Waals surface area (Å²) in [6, 6.07) is 19.5. The summed E-state index contributed by atoms with van der Waals surface area (Å²) in [6.45, 7) is 1.91. The number of nitrogens with zero attached hydrogens (tertiary/aromatic N) is 1. The van der Waals surface area contributed by atoms with Gasteiger partial charge in [0.15, 0.2) is 0 Å². The summed E-state index contributed by atoms with van der Waals surface area (Å²) in [6.07, 6.45) is 6.80. The van der Waals surface area contributed by atoms with Gasteiger partial charge < -0.3 is 10.2 Å². The largest absolute Gasteiger partial charge is 0.506 e. The summed E-state index contributed by atoms with van der Waals surface area (Å²) < 4.78 is -0.529. The van der Waals surface area contributed by atoms with E-state index in [0.29, 0.717) is 5.52 Å². The molecule has 130 valence electrons. The van der Waals surface area contributed by atoms with Crippen molar-refractivity contribution in [2.24, 2.45) is 0 Å². The average Bonchev–Trinajstić information content (AvgIpc) is 2.64. The van der Waals surface area contributed by atoms with Crippen molar-refractivity contribution >= 4 is 32.8 Å². The lowest BCUT2D eigenvalue weighted by atomic mass is 9.98. The number of hydrogen-bond donors (Lipinski definition) is 2. The van der Waals surface area contributed by atoms with Gasteiger partial charge in [0.2, 0.25) is 0 Å². The third kappa shape index (κ3) is 4.62. The lowest BCUT2D eigenvalue weighted by Crippen LogP contribution is -2.26. The van der Waals surface area contributed by atoms with Gasteiger partial charge in [-0.2, -0.15) is 0 Å². The van der Waals surface area contributed by atoms with Gasteiger partial charge in [-0.3, -0.25) is 0 Å². The lowest BCUT2D eigenvalue weighted by molar-refractivity contribution is 0.181. The van der Waals surface area contributed by atoms with Gasteiger partial charge in [0.25, 0.3) is 16.3 Å². The van der Waals surface area contributed by atoms with Crippen LogP contribution in [-0.4, -0.2) is 36.0 Å². The zero-order valence-corrected chi connectivity index (χ0v) is 17.1. The highest BCUT2D eigenvalue weighted by Crippen LogP contribution is 2.24. The fraction of sp³-hybridized carbons (Fsp3) is 0.136. The van der Waals surface area contributed by atoms with Crippen LogP contribution in [0.1, 0.15) is 17.7 Å². The molecular formula is C22H22AlNO2. The van der Waals surface area contributed by atoms with E-state index >= 15 is 0 Å². The van der Waals surface area contributed by atoms with Crippen molar-refractivity contribution in [1.29, 1.82) is 0 Å². The van der Waals surface area contributed by atoms with Gasteiger partial charge in [-0.25, -0.2) is 4.98 Å². The number of aromatic nitrogens is 1. The summed E-state index contributed by atoms with van der Waals surface area (Å²) >= 11 is 0.788. The first-order chi connectivity index (χ1) is 12.4. The zero-order valence-electron chi connectivity index (χ0n) is 15.1. The topological polar surface area (TPSA) is 53.4 Å². The molecule has 4 heteroatoms. The summed E-state index contributed by atoms with van der Waals surface area (Å²) in [7, 11) is 0. The number of benzene rings is 2. The van der Waals surface area contributed by atoms with Gasteiger partial charge >= 0.3 is 0 Å². The highest BCUT2D eigenvalue weighted by Gasteiger charge is 2.18. The van der Waals surface area contributed by atoms with Crippen LogP contribution in [0.15, 0.2) is 78.9 Å². The average molecular weight is 359 g/mol. The molecule has 1 aromatic heterocycles. The monoisotopic (exact) mass is 359 g/mol. The fourth-order valence-electron chi connectivity index (χ4n) is 2.80. The molecule has 0 saturated heterocycles. The Balaban J connectivity index is 0.000000152. The summed E-state index contributed by atoms with van der Waals surface area (Å²) in [5.41, 5.74) is 4.04. The minimum absolute atomic E-state index is 0.246. The number of allylic oxidation sites excluding steroid dienone is 2. The molecule has 0 fully saturated rings. The molecule has 1 atom stereocenters. The molecule has 1 heterocycles. The number of hydrogen-bond acceptors (Lipinski definition) is 3. The van der Waals surface area contributed by atoms with Crippen LogP contribution < -0.4 is 0 Å². The zero-order chi connectivity index (χ0) is 18.6. The molecule has 0 spiro atoms. The van der Waals surface area contributed by atoms with E-state index in [4.69, 9.17) is 0 Å². The molecule has 0 aliphatic heterocycles. The van der Waals surface area contributed by atoms with Crippen LogP contribution in [0.3, 0.4) is 0 Å². The molecule has 0 amide bonds. The normalized spacial score (nSPS) is 18.8. The molecule has 4 rings (SSSR count). The fourth-order valence-corrected chi connectivity index (χ4v) is 3.17. The summed E-state index contributed by atoms with van der Waals surface area (Å²) in [4.78, 5) is 4.23. The number of aromatic hydroxyl groups is 1. The number of phenolic OH excluding ortho intramolecular Hbond substituents is 1.